The molecule has 0 saturated heterocycles. The number of nitrogens with zero attached hydrogens (tertiary/aromatic N) is 1. The number of ether oxygens (including phenoxy) is 2. The summed E-state index contributed by atoms with van der Waals surface area (Å²) in [6.45, 7) is 13.2. The summed E-state index contributed by atoms with van der Waals surface area (Å²) < 4.78 is 22.2. The van der Waals surface area contributed by atoms with Crippen LogP contribution in [0, 0.1) is 0 Å². The Morgan fingerprint density at radius 2 is 1.32 bits per heavy atom. The maximum Gasteiger partial charge on any atom is 0.321 e. The van der Waals surface area contributed by atoms with Crippen molar-refractivity contribution in [1.29, 1.82) is 0 Å². The van der Waals surface area contributed by atoms with Gasteiger partial charge in [-0.15, -0.1) is 0 Å². The first kappa shape index (κ1) is 19.0. The van der Waals surface area contributed by atoms with Crippen LogP contribution < -0.4 is 0 Å². The average molecular weight is 293 g/mol. The minimum Gasteiger partial charge on any atom is -0.397 e. The zero-order chi connectivity index (χ0) is 14.3. The Balaban J connectivity index is 3.85. The van der Waals surface area contributed by atoms with E-state index in [1.165, 1.54) is 0 Å². The topological polar surface area (TPSA) is 40.2 Å². The number of hydrogen-bond acceptors (Lipinski definition) is 5. The molecule has 116 valence electrons. The minimum absolute atomic E-state index is 0.631. The molecule has 0 N–H and O–H groups in total. The van der Waals surface area contributed by atoms with Crippen LogP contribution in [0.5, 0.6) is 0 Å². The second kappa shape index (κ2) is 14.4. The van der Waals surface area contributed by atoms with Crippen molar-refractivity contribution in [2.75, 3.05) is 46.4 Å². The predicted molar refractivity (Wildman–Crippen MR) is 79.5 cm³/mol. The molecule has 5 nitrogen and oxygen atoms in total. The highest BCUT2D eigenvalue weighted by atomic mass is 28.3. The molecule has 0 aliphatic rings. The number of rotatable bonds is 14. The van der Waals surface area contributed by atoms with Crippen molar-refractivity contribution in [3.8, 4) is 0 Å². The van der Waals surface area contributed by atoms with E-state index >= 15 is 0 Å². The van der Waals surface area contributed by atoms with Crippen molar-refractivity contribution in [3.63, 3.8) is 0 Å². The lowest BCUT2D eigenvalue weighted by Crippen LogP contribution is -2.31. The van der Waals surface area contributed by atoms with Crippen LogP contribution in [0.15, 0.2) is 0 Å². The predicted octanol–water partition coefficient (Wildman–Crippen LogP) is 1.96. The highest BCUT2D eigenvalue weighted by Crippen LogP contribution is 2.04. The molecule has 0 atom stereocenters. The molecule has 0 amide bonds. The van der Waals surface area contributed by atoms with E-state index in [2.05, 4.69) is 4.90 Å². The minimum atomic E-state index is -1.46. The third-order valence-electron chi connectivity index (χ3n) is 2.58. The van der Waals surface area contributed by atoms with Gasteiger partial charge >= 0.3 is 9.28 Å². The van der Waals surface area contributed by atoms with Gasteiger partial charge in [-0.05, 0) is 40.2 Å². The molecule has 0 fully saturated rings. The van der Waals surface area contributed by atoms with Gasteiger partial charge in [0, 0.05) is 33.0 Å². The zero-order valence-corrected chi connectivity index (χ0v) is 14.2. The summed E-state index contributed by atoms with van der Waals surface area (Å²) in [5, 5.41) is 0. The SMILES string of the molecule is CCOCN(CCC[SiH](OCC)OCC)COCC. The summed E-state index contributed by atoms with van der Waals surface area (Å²) in [6.07, 6.45) is 1.07. The second-order valence-electron chi connectivity index (χ2n) is 4.12. The Hall–Kier alpha value is 0.0169. The average Bonchev–Trinajstić information content (AvgIpc) is 2.41. The van der Waals surface area contributed by atoms with Crippen LogP contribution in [0.1, 0.15) is 34.1 Å². The van der Waals surface area contributed by atoms with Gasteiger partial charge in [-0.2, -0.15) is 0 Å². The molecule has 0 bridgehead atoms. The van der Waals surface area contributed by atoms with Gasteiger partial charge in [0.1, 0.15) is 13.5 Å². The number of hydrogen-bond donors (Lipinski definition) is 0. The van der Waals surface area contributed by atoms with Gasteiger partial charge in [0.2, 0.25) is 0 Å². The van der Waals surface area contributed by atoms with Crippen LogP contribution in [0.2, 0.25) is 6.04 Å². The Morgan fingerprint density at radius 1 is 0.789 bits per heavy atom. The highest BCUT2D eigenvalue weighted by Gasteiger charge is 2.13. The van der Waals surface area contributed by atoms with E-state index in [1.807, 2.05) is 27.7 Å². The lowest BCUT2D eigenvalue weighted by Gasteiger charge is -2.22. The zero-order valence-electron chi connectivity index (χ0n) is 13.0. The molecule has 0 aliphatic carbocycles. The normalized spacial score (nSPS) is 11.7. The van der Waals surface area contributed by atoms with Crippen LogP contribution in [0.25, 0.3) is 0 Å². The summed E-state index contributed by atoms with van der Waals surface area (Å²) in [6, 6.07) is 1.04. The first-order valence-corrected chi connectivity index (χ1v) is 9.15. The Bertz CT molecular complexity index is 172. The Morgan fingerprint density at radius 3 is 1.74 bits per heavy atom. The fraction of sp³-hybridized carbons (Fsp3) is 1.00. The molecule has 0 aromatic carbocycles. The van der Waals surface area contributed by atoms with Crippen LogP contribution in [-0.4, -0.2) is 60.6 Å². The van der Waals surface area contributed by atoms with E-state index in [0.29, 0.717) is 13.5 Å². The van der Waals surface area contributed by atoms with E-state index in [-0.39, 0.29) is 0 Å². The molecule has 0 aliphatic heterocycles. The molecule has 0 aromatic heterocycles. The molecule has 0 spiro atoms. The van der Waals surface area contributed by atoms with Crippen LogP contribution in [0.4, 0.5) is 0 Å². The molecule has 0 heterocycles. The van der Waals surface area contributed by atoms with Crippen molar-refractivity contribution in [2.45, 2.75) is 40.2 Å². The van der Waals surface area contributed by atoms with Crippen molar-refractivity contribution in [1.82, 2.24) is 4.90 Å². The monoisotopic (exact) mass is 293 g/mol. The molecule has 0 aromatic rings. The highest BCUT2D eigenvalue weighted by molar-refractivity contribution is 6.44. The van der Waals surface area contributed by atoms with Crippen LogP contribution >= 0.6 is 0 Å². The molecule has 0 radical (unpaired) electrons. The Labute approximate surface area is 120 Å². The maximum absolute atomic E-state index is 5.66. The lowest BCUT2D eigenvalue weighted by atomic mass is 10.4. The molecule has 0 rings (SSSR count). The molecule has 19 heavy (non-hydrogen) atoms. The molecular weight excluding hydrogens is 262 g/mol. The third-order valence-corrected chi connectivity index (χ3v) is 4.87. The van der Waals surface area contributed by atoms with Gasteiger partial charge in [0.05, 0.1) is 0 Å². The first-order chi connectivity index (χ1) is 9.28. The maximum atomic E-state index is 5.66. The van der Waals surface area contributed by atoms with Gasteiger partial charge in [-0.25, -0.2) is 0 Å². The fourth-order valence-corrected chi connectivity index (χ4v) is 3.36. The van der Waals surface area contributed by atoms with E-state index in [1.54, 1.807) is 0 Å². The van der Waals surface area contributed by atoms with E-state index in [9.17, 15) is 0 Å². The third kappa shape index (κ3) is 11.5. The van der Waals surface area contributed by atoms with Crippen molar-refractivity contribution in [2.24, 2.45) is 0 Å². The Kier molecular flexibility index (Phi) is 14.4. The van der Waals surface area contributed by atoms with Gasteiger partial charge in [0.25, 0.3) is 0 Å². The van der Waals surface area contributed by atoms with E-state index < -0.39 is 9.28 Å². The van der Waals surface area contributed by atoms with Crippen molar-refractivity contribution >= 4 is 9.28 Å². The van der Waals surface area contributed by atoms with Crippen molar-refractivity contribution in [3.05, 3.63) is 0 Å². The van der Waals surface area contributed by atoms with Crippen LogP contribution in [0.3, 0.4) is 0 Å². The first-order valence-electron chi connectivity index (χ1n) is 7.39. The van der Waals surface area contributed by atoms with Gasteiger partial charge in [0.15, 0.2) is 0 Å². The molecule has 6 heteroatoms. The largest absolute Gasteiger partial charge is 0.397 e. The summed E-state index contributed by atoms with van der Waals surface area (Å²) in [5.74, 6) is 0. The summed E-state index contributed by atoms with van der Waals surface area (Å²) >= 11 is 0. The second-order valence-corrected chi connectivity index (χ2v) is 6.22. The molecule has 0 unspecified atom stereocenters. The van der Waals surface area contributed by atoms with Gasteiger partial charge < -0.3 is 18.3 Å². The smallest absolute Gasteiger partial charge is 0.321 e. The standard InChI is InChI=1S/C13H31NO4Si/c1-5-15-12-14(13-16-6-2)10-9-11-19(17-7-3)18-8-4/h19H,5-13H2,1-4H3. The van der Waals surface area contributed by atoms with Crippen molar-refractivity contribution < 1.29 is 18.3 Å². The summed E-state index contributed by atoms with van der Waals surface area (Å²) in [7, 11) is -1.46. The van der Waals surface area contributed by atoms with E-state index in [4.69, 9.17) is 18.3 Å². The molecule has 0 saturated carbocycles. The van der Waals surface area contributed by atoms with E-state index in [0.717, 1.165) is 45.4 Å². The lowest BCUT2D eigenvalue weighted by molar-refractivity contribution is -0.0389. The summed E-state index contributed by atoms with van der Waals surface area (Å²) in [5.41, 5.74) is 0. The fourth-order valence-electron chi connectivity index (χ4n) is 1.68. The quantitative estimate of drug-likeness (QED) is 0.362. The van der Waals surface area contributed by atoms with Crippen LogP contribution in [-0.2, 0) is 18.3 Å². The molecular formula is C13H31NO4Si. The van der Waals surface area contributed by atoms with Gasteiger partial charge in [-0.1, -0.05) is 0 Å². The summed E-state index contributed by atoms with van der Waals surface area (Å²) in [4.78, 5) is 2.18. The van der Waals surface area contributed by atoms with Gasteiger partial charge in [-0.3, -0.25) is 4.90 Å².